The topological polar surface area (TPSA) is 112 Å². The number of aromatic nitrogens is 3. The monoisotopic (exact) mass is 499 g/mol. The van der Waals surface area contributed by atoms with Crippen LogP contribution in [-0.2, 0) is 4.79 Å². The molecule has 3 aromatic rings. The van der Waals surface area contributed by atoms with Crippen LogP contribution in [0.4, 0.5) is 22.5 Å². The van der Waals surface area contributed by atoms with Crippen molar-refractivity contribution in [2.45, 2.75) is 39.7 Å². The van der Waals surface area contributed by atoms with Crippen molar-refractivity contribution in [1.29, 1.82) is 0 Å². The van der Waals surface area contributed by atoms with Crippen LogP contribution in [0.3, 0.4) is 0 Å². The van der Waals surface area contributed by atoms with Gasteiger partial charge in [-0.15, -0.1) is 0 Å². The van der Waals surface area contributed by atoms with Crippen molar-refractivity contribution in [1.82, 2.24) is 19.9 Å². The number of nitrogens with zero attached hydrogens (tertiary/aromatic N) is 4. The van der Waals surface area contributed by atoms with Crippen LogP contribution in [0, 0.1) is 13.8 Å². The van der Waals surface area contributed by atoms with Crippen molar-refractivity contribution < 1.29 is 9.59 Å². The Kier molecular flexibility index (Phi) is 7.28. The quantitative estimate of drug-likeness (QED) is 0.434. The van der Waals surface area contributed by atoms with E-state index in [2.05, 4.69) is 30.9 Å². The number of benzene rings is 1. The fourth-order valence-corrected chi connectivity index (χ4v) is 4.74. The Morgan fingerprint density at radius 3 is 2.79 bits per heavy atom. The van der Waals surface area contributed by atoms with Gasteiger partial charge < -0.3 is 20.9 Å². The summed E-state index contributed by atoms with van der Waals surface area (Å²) < 4.78 is 0. The van der Waals surface area contributed by atoms with Crippen LogP contribution in [0.2, 0.25) is 5.02 Å². The lowest BCUT2D eigenvalue weighted by Gasteiger charge is -2.17. The van der Waals surface area contributed by atoms with Gasteiger partial charge in [-0.1, -0.05) is 42.0 Å². The van der Waals surface area contributed by atoms with Gasteiger partial charge in [0.1, 0.15) is 22.3 Å². The molecule has 34 heavy (non-hydrogen) atoms. The van der Waals surface area contributed by atoms with Gasteiger partial charge in [0.2, 0.25) is 5.91 Å². The highest BCUT2D eigenvalue weighted by atomic mass is 35.5. The van der Waals surface area contributed by atoms with Crippen molar-refractivity contribution in [3.05, 3.63) is 51.7 Å². The average Bonchev–Trinajstić information content (AvgIpc) is 3.45. The molecule has 2 amide bonds. The number of anilines is 4. The van der Waals surface area contributed by atoms with E-state index in [9.17, 15) is 9.59 Å². The van der Waals surface area contributed by atoms with Gasteiger partial charge in [0, 0.05) is 31.6 Å². The molecule has 4 rings (SSSR count). The summed E-state index contributed by atoms with van der Waals surface area (Å²) in [4.78, 5) is 40.1. The molecule has 2 aromatic heterocycles. The number of carbonyl (C=O) groups is 2. The average molecular weight is 500 g/mol. The third-order valence-corrected chi connectivity index (χ3v) is 6.68. The van der Waals surface area contributed by atoms with E-state index in [4.69, 9.17) is 11.6 Å². The maximum atomic E-state index is 12.7. The highest BCUT2D eigenvalue weighted by Gasteiger charge is 2.25. The molecule has 0 saturated carbocycles. The van der Waals surface area contributed by atoms with E-state index < -0.39 is 0 Å². The van der Waals surface area contributed by atoms with Gasteiger partial charge in [0.25, 0.3) is 5.91 Å². The molecule has 0 bridgehead atoms. The molecule has 9 nitrogen and oxygen atoms in total. The summed E-state index contributed by atoms with van der Waals surface area (Å²) in [6.45, 7) is 6.98. The van der Waals surface area contributed by atoms with Crippen molar-refractivity contribution >= 4 is 57.2 Å². The van der Waals surface area contributed by atoms with Crippen LogP contribution in [-0.4, -0.2) is 50.8 Å². The van der Waals surface area contributed by atoms with Gasteiger partial charge in [-0.3, -0.25) is 9.59 Å². The molecule has 1 aliphatic heterocycles. The molecule has 3 heterocycles. The second kappa shape index (κ2) is 10.4. The molecule has 11 heteroatoms. The van der Waals surface area contributed by atoms with E-state index in [0.717, 1.165) is 18.5 Å². The molecule has 1 saturated heterocycles. The maximum Gasteiger partial charge on any atom is 0.267 e. The Labute approximate surface area is 207 Å². The maximum absolute atomic E-state index is 12.7. The molecule has 0 radical (unpaired) electrons. The minimum atomic E-state index is -0.282. The smallest absolute Gasteiger partial charge is 0.267 e. The molecule has 1 aromatic carbocycles. The van der Waals surface area contributed by atoms with Crippen molar-refractivity contribution in [3.8, 4) is 0 Å². The number of aryl methyl sites for hydroxylation is 2. The molecule has 1 aliphatic rings. The van der Waals surface area contributed by atoms with Crippen LogP contribution in [0.15, 0.2) is 30.5 Å². The summed E-state index contributed by atoms with van der Waals surface area (Å²) >= 11 is 7.43. The zero-order valence-electron chi connectivity index (χ0n) is 19.2. The minimum absolute atomic E-state index is 0.140. The van der Waals surface area contributed by atoms with E-state index in [1.807, 2.05) is 37.8 Å². The second-order valence-electron chi connectivity index (χ2n) is 8.05. The molecule has 0 spiro atoms. The first-order valence-corrected chi connectivity index (χ1v) is 12.2. The predicted molar refractivity (Wildman–Crippen MR) is 135 cm³/mol. The van der Waals surface area contributed by atoms with Crippen LogP contribution < -0.4 is 16.0 Å². The third-order valence-electron chi connectivity index (χ3n) is 5.46. The van der Waals surface area contributed by atoms with E-state index in [1.54, 1.807) is 12.1 Å². The van der Waals surface area contributed by atoms with Crippen LogP contribution in [0.5, 0.6) is 0 Å². The molecule has 0 aliphatic carbocycles. The van der Waals surface area contributed by atoms with E-state index >= 15 is 0 Å². The Morgan fingerprint density at radius 1 is 1.24 bits per heavy atom. The predicted octanol–water partition coefficient (Wildman–Crippen LogP) is 4.62. The minimum Gasteiger partial charge on any atom is -0.365 e. The first-order valence-electron chi connectivity index (χ1n) is 11.0. The van der Waals surface area contributed by atoms with Gasteiger partial charge in [-0.05, 0) is 31.9 Å². The van der Waals surface area contributed by atoms with E-state index in [-0.39, 0.29) is 17.9 Å². The first kappa shape index (κ1) is 23.9. The summed E-state index contributed by atoms with van der Waals surface area (Å²) in [6, 6.07) is 7.39. The first-order chi connectivity index (χ1) is 16.3. The highest BCUT2D eigenvalue weighted by molar-refractivity contribution is 7.17. The third kappa shape index (κ3) is 5.63. The van der Waals surface area contributed by atoms with Crippen molar-refractivity contribution in [3.63, 3.8) is 0 Å². The fourth-order valence-electron chi connectivity index (χ4n) is 3.75. The number of likely N-dealkylation sites (tertiary alicyclic amines) is 1. The summed E-state index contributed by atoms with van der Waals surface area (Å²) in [5, 5.41) is 10.4. The Balaban J connectivity index is 1.41. The van der Waals surface area contributed by atoms with Crippen LogP contribution >= 0.6 is 22.9 Å². The Hall–Kier alpha value is -3.24. The SMILES string of the molecule is CCC(=O)N1CCC(Nc2cc(Nc3ncc(C(=O)Nc4c(C)cccc4Cl)s3)nc(C)n2)C1. The summed E-state index contributed by atoms with van der Waals surface area (Å²) in [7, 11) is 0. The Bertz CT molecular complexity index is 1200. The molecular formula is C23H26ClN7O2S. The Morgan fingerprint density at radius 2 is 2.03 bits per heavy atom. The van der Waals surface area contributed by atoms with Gasteiger partial charge in [-0.2, -0.15) is 0 Å². The zero-order chi connectivity index (χ0) is 24.2. The molecule has 1 atom stereocenters. The number of halogens is 1. The number of nitrogens with one attached hydrogen (secondary N) is 3. The zero-order valence-corrected chi connectivity index (χ0v) is 20.8. The number of thiazole rings is 1. The number of hydrogen-bond donors (Lipinski definition) is 3. The summed E-state index contributed by atoms with van der Waals surface area (Å²) in [5.74, 6) is 1.72. The van der Waals surface area contributed by atoms with Gasteiger partial charge in [0.05, 0.1) is 16.9 Å². The number of rotatable bonds is 7. The van der Waals surface area contributed by atoms with Gasteiger partial charge >= 0.3 is 0 Å². The summed E-state index contributed by atoms with van der Waals surface area (Å²) in [5.41, 5.74) is 1.47. The highest BCUT2D eigenvalue weighted by Crippen LogP contribution is 2.28. The molecular weight excluding hydrogens is 474 g/mol. The largest absolute Gasteiger partial charge is 0.365 e. The van der Waals surface area contributed by atoms with Gasteiger partial charge in [0.15, 0.2) is 5.13 Å². The number of hydrogen-bond acceptors (Lipinski definition) is 8. The summed E-state index contributed by atoms with van der Waals surface area (Å²) in [6.07, 6.45) is 2.90. The lowest BCUT2D eigenvalue weighted by atomic mass is 10.2. The van der Waals surface area contributed by atoms with Crippen LogP contribution in [0.1, 0.15) is 40.8 Å². The molecule has 1 unspecified atom stereocenters. The van der Waals surface area contributed by atoms with E-state index in [1.165, 1.54) is 17.5 Å². The van der Waals surface area contributed by atoms with Crippen molar-refractivity contribution in [2.75, 3.05) is 29.0 Å². The lowest BCUT2D eigenvalue weighted by Crippen LogP contribution is -2.31. The van der Waals surface area contributed by atoms with Crippen molar-refractivity contribution in [2.24, 2.45) is 0 Å². The standard InChI is InChI=1S/C23H26ClN7O2S/c1-4-20(32)31-9-8-15(12-31)28-18-10-19(27-14(3)26-18)29-23-25-11-17(34-23)22(33)30-21-13(2)6-5-7-16(21)24/h5-7,10-11,15H,4,8-9,12H2,1-3H3,(H,30,33)(H2,25,26,27,28,29). The number of amides is 2. The molecule has 178 valence electrons. The number of para-hydroxylation sites is 1. The second-order valence-corrected chi connectivity index (χ2v) is 9.49. The van der Waals surface area contributed by atoms with E-state index in [0.29, 0.717) is 51.1 Å². The lowest BCUT2D eigenvalue weighted by molar-refractivity contribution is -0.129. The number of carbonyl (C=O) groups excluding carboxylic acids is 2. The molecule has 1 fully saturated rings. The normalized spacial score (nSPS) is 15.3. The van der Waals surface area contributed by atoms with Crippen LogP contribution in [0.25, 0.3) is 0 Å². The fraction of sp³-hybridized carbons (Fsp3) is 0.348. The molecule has 3 N–H and O–H groups in total. The van der Waals surface area contributed by atoms with Gasteiger partial charge in [-0.25, -0.2) is 15.0 Å².